The van der Waals surface area contributed by atoms with Crippen LogP contribution in [-0.2, 0) is 16.4 Å². The van der Waals surface area contributed by atoms with Crippen LogP contribution < -0.4 is 16.4 Å². The largest absolute Gasteiger partial charge is 0.399 e. The number of rotatable bonds is 5. The molecule has 0 saturated heterocycles. The van der Waals surface area contributed by atoms with E-state index in [9.17, 15) is 13.2 Å². The first-order valence-corrected chi connectivity index (χ1v) is 12.1. The smallest absolute Gasteiger partial charge is 0.262 e. The second-order valence-corrected chi connectivity index (χ2v) is 10.2. The summed E-state index contributed by atoms with van der Waals surface area (Å²) in [7, 11) is -4.03. The van der Waals surface area contributed by atoms with E-state index in [1.165, 1.54) is 16.8 Å². The van der Waals surface area contributed by atoms with E-state index in [0.717, 1.165) is 5.56 Å². The molecule has 0 unspecified atom stereocenters. The summed E-state index contributed by atoms with van der Waals surface area (Å²) in [5.41, 5.74) is 7.86. The minimum atomic E-state index is -4.03. The molecule has 2 heterocycles. The molecule has 0 amide bonds. The van der Waals surface area contributed by atoms with Crippen LogP contribution in [-0.4, -0.2) is 28.2 Å². The van der Waals surface area contributed by atoms with Crippen molar-refractivity contribution in [3.63, 3.8) is 0 Å². The van der Waals surface area contributed by atoms with Gasteiger partial charge in [0.1, 0.15) is 16.9 Å². The zero-order chi connectivity index (χ0) is 24.1. The van der Waals surface area contributed by atoms with Gasteiger partial charge in [-0.05, 0) is 35.7 Å². The van der Waals surface area contributed by atoms with Gasteiger partial charge in [0.25, 0.3) is 5.56 Å². The fraction of sp³-hybridized carbons (Fsp3) is 0.190. The van der Waals surface area contributed by atoms with Crippen molar-refractivity contribution in [1.29, 1.82) is 0 Å². The number of sulfonamides is 1. The summed E-state index contributed by atoms with van der Waals surface area (Å²) < 4.78 is 24.9. The summed E-state index contributed by atoms with van der Waals surface area (Å²) in [4.78, 5) is 20.3. The van der Waals surface area contributed by atoms with Gasteiger partial charge in [-0.2, -0.15) is 5.10 Å². The number of halogens is 2. The molecule has 0 radical (unpaired) electrons. The minimum Gasteiger partial charge on any atom is -0.399 e. The zero-order valence-corrected chi connectivity index (χ0v) is 20.0. The van der Waals surface area contributed by atoms with Crippen LogP contribution >= 0.6 is 23.2 Å². The van der Waals surface area contributed by atoms with Crippen LogP contribution in [0.4, 0.5) is 5.69 Å². The highest BCUT2D eigenvalue weighted by Crippen LogP contribution is 2.34. The molecule has 0 fully saturated rings. The Hall–Kier alpha value is -2.92. The van der Waals surface area contributed by atoms with Gasteiger partial charge in [0, 0.05) is 12.1 Å². The van der Waals surface area contributed by atoms with Gasteiger partial charge in [0.15, 0.2) is 5.65 Å². The predicted octanol–water partition coefficient (Wildman–Crippen LogP) is 3.36. The first kappa shape index (κ1) is 23.2. The van der Waals surface area contributed by atoms with Crippen molar-refractivity contribution in [2.75, 3.05) is 5.73 Å². The topological polar surface area (TPSA) is 150 Å². The van der Waals surface area contributed by atoms with Gasteiger partial charge in [0.2, 0.25) is 10.0 Å². The van der Waals surface area contributed by atoms with E-state index in [2.05, 4.69) is 15.1 Å². The number of anilines is 1. The van der Waals surface area contributed by atoms with Crippen LogP contribution in [0.1, 0.15) is 36.8 Å². The van der Waals surface area contributed by atoms with Crippen molar-refractivity contribution in [2.45, 2.75) is 31.1 Å². The number of nitrogen functional groups attached to an aromatic ring is 1. The highest BCUT2D eigenvalue weighted by molar-refractivity contribution is 7.89. The summed E-state index contributed by atoms with van der Waals surface area (Å²) in [6, 6.07) is 9.58. The minimum absolute atomic E-state index is 0.00611. The lowest BCUT2D eigenvalue weighted by Crippen LogP contribution is -2.14. The van der Waals surface area contributed by atoms with Gasteiger partial charge in [-0.3, -0.25) is 4.79 Å². The summed E-state index contributed by atoms with van der Waals surface area (Å²) in [6.45, 7) is 3.78. The van der Waals surface area contributed by atoms with Gasteiger partial charge in [-0.25, -0.2) is 23.2 Å². The third-order valence-electron chi connectivity index (χ3n) is 5.04. The molecule has 0 aliphatic heterocycles. The van der Waals surface area contributed by atoms with E-state index in [0.29, 0.717) is 29.0 Å². The molecular weight excluding hydrogens is 487 g/mol. The molecule has 4 aromatic rings. The Morgan fingerprint density at radius 3 is 2.27 bits per heavy atom. The predicted molar refractivity (Wildman–Crippen MR) is 129 cm³/mol. The quantitative estimate of drug-likeness (QED) is 0.353. The molecule has 4 rings (SSSR count). The van der Waals surface area contributed by atoms with E-state index in [-0.39, 0.29) is 37.8 Å². The van der Waals surface area contributed by atoms with Crippen molar-refractivity contribution in [3.8, 4) is 5.69 Å². The third-order valence-corrected chi connectivity index (χ3v) is 6.51. The second-order valence-electron chi connectivity index (χ2n) is 7.86. The van der Waals surface area contributed by atoms with E-state index in [1.54, 1.807) is 12.1 Å². The Bertz CT molecular complexity index is 1520. The van der Waals surface area contributed by atoms with Crippen molar-refractivity contribution in [1.82, 2.24) is 19.7 Å². The molecule has 0 aliphatic carbocycles. The number of aromatic amines is 1. The van der Waals surface area contributed by atoms with Gasteiger partial charge < -0.3 is 10.7 Å². The number of aromatic nitrogens is 4. The lowest BCUT2D eigenvalue weighted by atomic mass is 10.1. The maximum atomic E-state index is 13.0. The number of nitrogens with zero attached hydrogens (tertiary/aromatic N) is 3. The van der Waals surface area contributed by atoms with Gasteiger partial charge in [-0.1, -0.05) is 49.2 Å². The molecule has 2 aromatic heterocycles. The first-order valence-electron chi connectivity index (χ1n) is 9.84. The number of H-pyrrole nitrogens is 1. The van der Waals surface area contributed by atoms with Crippen molar-refractivity contribution < 1.29 is 8.42 Å². The second kappa shape index (κ2) is 8.45. The van der Waals surface area contributed by atoms with E-state index in [4.69, 9.17) is 34.1 Å². The SMILES string of the molecule is CC(C)c1nn(-c2c(Cl)cc(S(N)(=O)=O)cc2Cl)c2nc(Cc3ccc(N)cc3)[nH]c(=O)c12. The summed E-state index contributed by atoms with van der Waals surface area (Å²) >= 11 is 12.8. The molecule has 33 heavy (non-hydrogen) atoms. The molecule has 5 N–H and O–H groups in total. The summed E-state index contributed by atoms with van der Waals surface area (Å²) in [5, 5.41) is 10.1. The standard InChI is InChI=1S/C21H20Cl2N6O3S/c1-10(2)18-17-20(26-16(27-21(17)30)7-11-3-5-12(24)6-4-11)29(28-18)19-14(22)8-13(9-15(19)23)33(25,31)32/h3-6,8-10H,7,24H2,1-2H3,(H2,25,31,32)(H,26,27,30). The van der Waals surface area contributed by atoms with E-state index >= 15 is 0 Å². The van der Waals surface area contributed by atoms with Crippen LogP contribution in [0.25, 0.3) is 16.7 Å². The van der Waals surface area contributed by atoms with Crippen LogP contribution in [0.2, 0.25) is 10.0 Å². The molecule has 172 valence electrons. The molecule has 0 saturated carbocycles. The Morgan fingerprint density at radius 2 is 1.73 bits per heavy atom. The van der Waals surface area contributed by atoms with E-state index < -0.39 is 10.0 Å². The first-order chi connectivity index (χ1) is 15.5. The van der Waals surface area contributed by atoms with Crippen molar-refractivity contribution >= 4 is 49.9 Å². The Labute approximate surface area is 199 Å². The molecule has 0 aliphatic rings. The van der Waals surface area contributed by atoms with Gasteiger partial charge in [0.05, 0.1) is 20.6 Å². The van der Waals surface area contributed by atoms with Gasteiger partial charge in [-0.15, -0.1) is 0 Å². The fourth-order valence-electron chi connectivity index (χ4n) is 3.48. The van der Waals surface area contributed by atoms with Crippen molar-refractivity contribution in [2.24, 2.45) is 5.14 Å². The maximum Gasteiger partial charge on any atom is 0.262 e. The number of hydrogen-bond donors (Lipinski definition) is 3. The molecule has 9 nitrogen and oxygen atoms in total. The number of hydrogen-bond acceptors (Lipinski definition) is 6. The molecular formula is C21H20Cl2N6O3S. The third kappa shape index (κ3) is 4.47. The van der Waals surface area contributed by atoms with Gasteiger partial charge >= 0.3 is 0 Å². The lowest BCUT2D eigenvalue weighted by Gasteiger charge is -2.10. The number of nitrogens with two attached hydrogens (primary N) is 2. The van der Waals surface area contributed by atoms with E-state index in [1.807, 2.05) is 26.0 Å². The Kier molecular flexibility index (Phi) is 5.95. The molecule has 12 heteroatoms. The number of fused-ring (bicyclic) bond motifs is 1. The normalized spacial score (nSPS) is 12.1. The summed E-state index contributed by atoms with van der Waals surface area (Å²) in [6.07, 6.45) is 0.347. The lowest BCUT2D eigenvalue weighted by molar-refractivity contribution is 0.598. The zero-order valence-electron chi connectivity index (χ0n) is 17.6. The highest BCUT2D eigenvalue weighted by atomic mass is 35.5. The molecule has 0 bridgehead atoms. The molecule has 2 aromatic carbocycles. The average molecular weight is 507 g/mol. The maximum absolute atomic E-state index is 13.0. The van der Waals surface area contributed by atoms with Crippen molar-refractivity contribution in [3.05, 3.63) is 73.9 Å². The average Bonchev–Trinajstić information content (AvgIpc) is 3.09. The van der Waals surface area contributed by atoms with Crippen LogP contribution in [0.5, 0.6) is 0 Å². The Morgan fingerprint density at radius 1 is 1.12 bits per heavy atom. The number of primary sulfonamides is 1. The fourth-order valence-corrected chi connectivity index (χ4v) is 4.82. The monoisotopic (exact) mass is 506 g/mol. The molecule has 0 atom stereocenters. The molecule has 0 spiro atoms. The van der Waals surface area contributed by atoms with Crippen LogP contribution in [0.15, 0.2) is 46.1 Å². The summed E-state index contributed by atoms with van der Waals surface area (Å²) in [5.74, 6) is 0.294. The number of benzene rings is 2. The van der Waals surface area contributed by atoms with Crippen LogP contribution in [0, 0.1) is 0 Å². The Balaban J connectivity index is 1.96. The number of nitrogens with one attached hydrogen (secondary N) is 1. The van der Waals surface area contributed by atoms with Crippen LogP contribution in [0.3, 0.4) is 0 Å². The highest BCUT2D eigenvalue weighted by Gasteiger charge is 2.24.